The zero-order chi connectivity index (χ0) is 38.7. The average Bonchev–Trinajstić information content (AvgIpc) is 3.51. The van der Waals surface area contributed by atoms with Gasteiger partial charge in [0.1, 0.15) is 24.2 Å². The molecule has 4 N–H and O–H groups in total. The maximum atomic E-state index is 14.4. The number of unbranched alkanes of at least 4 members (excludes halogenated alkanes) is 1. The molecule has 2 unspecified atom stereocenters. The van der Waals surface area contributed by atoms with Gasteiger partial charge in [-0.25, -0.2) is 9.59 Å². The maximum Gasteiger partial charge on any atom is 0.329 e. The molecular formula is C39H61N5O7. The Morgan fingerprint density at radius 3 is 2.04 bits per heavy atom. The number of hydrogen-bond donors (Lipinski definition) is 4. The van der Waals surface area contributed by atoms with Gasteiger partial charge in [0, 0.05) is 13.1 Å². The van der Waals surface area contributed by atoms with Crippen molar-refractivity contribution in [1.29, 1.82) is 0 Å². The summed E-state index contributed by atoms with van der Waals surface area (Å²) < 4.78 is 5.75. The molecule has 0 aliphatic carbocycles. The van der Waals surface area contributed by atoms with Crippen LogP contribution in [0.5, 0.6) is 0 Å². The van der Waals surface area contributed by atoms with Crippen LogP contribution in [0.25, 0.3) is 0 Å². The van der Waals surface area contributed by atoms with E-state index in [1.165, 1.54) is 11.0 Å². The summed E-state index contributed by atoms with van der Waals surface area (Å²) in [6.45, 7) is 22.4. The Bertz CT molecular complexity index is 1380. The number of nitrogens with zero attached hydrogens (tertiary/aromatic N) is 1. The first-order chi connectivity index (χ1) is 23.7. The lowest BCUT2D eigenvalue weighted by atomic mass is 9.84. The van der Waals surface area contributed by atoms with E-state index in [-0.39, 0.29) is 31.3 Å². The second-order valence-electron chi connectivity index (χ2n) is 15.9. The van der Waals surface area contributed by atoms with Crippen LogP contribution >= 0.6 is 0 Å². The summed E-state index contributed by atoms with van der Waals surface area (Å²) in [7, 11) is 0. The number of hydrogen-bond acceptors (Lipinski definition) is 7. The summed E-state index contributed by atoms with van der Waals surface area (Å²) in [5.41, 5.74) is -0.723. The number of rotatable bonds is 16. The lowest BCUT2D eigenvalue weighted by molar-refractivity contribution is -0.153. The Hall–Kier alpha value is -4.22. The van der Waals surface area contributed by atoms with E-state index >= 15 is 0 Å². The molecule has 51 heavy (non-hydrogen) atoms. The summed E-state index contributed by atoms with van der Waals surface area (Å²) in [4.78, 5) is 82.6. The number of ketones is 1. The van der Waals surface area contributed by atoms with Crippen molar-refractivity contribution in [3.8, 4) is 0 Å². The predicted octanol–water partition coefficient (Wildman–Crippen LogP) is 4.84. The van der Waals surface area contributed by atoms with Gasteiger partial charge >= 0.3 is 12.0 Å². The molecule has 2 rings (SSSR count). The Balaban J connectivity index is 2.34. The fourth-order valence-electron chi connectivity index (χ4n) is 6.22. The van der Waals surface area contributed by atoms with Crippen molar-refractivity contribution in [1.82, 2.24) is 26.2 Å². The Morgan fingerprint density at radius 2 is 1.51 bits per heavy atom. The molecular weight excluding hydrogens is 650 g/mol. The van der Waals surface area contributed by atoms with Crippen LogP contribution < -0.4 is 21.3 Å². The number of nitrogens with one attached hydrogen (secondary N) is 4. The lowest BCUT2D eigenvalue weighted by Gasteiger charge is -2.37. The lowest BCUT2D eigenvalue weighted by Crippen LogP contribution is -2.62. The van der Waals surface area contributed by atoms with Gasteiger partial charge in [0.05, 0.1) is 6.04 Å². The minimum absolute atomic E-state index is 0.0143. The van der Waals surface area contributed by atoms with E-state index < -0.39 is 76.6 Å². The highest BCUT2D eigenvalue weighted by Gasteiger charge is 2.48. The van der Waals surface area contributed by atoms with Gasteiger partial charge in [-0.05, 0) is 48.0 Å². The molecule has 12 nitrogen and oxygen atoms in total. The summed E-state index contributed by atoms with van der Waals surface area (Å²) in [5, 5.41) is 10.8. The molecule has 0 bridgehead atoms. The van der Waals surface area contributed by atoms with E-state index in [1.807, 2.05) is 51.1 Å². The zero-order valence-electron chi connectivity index (χ0n) is 32.3. The summed E-state index contributed by atoms with van der Waals surface area (Å²) in [6.07, 6.45) is 3.06. The van der Waals surface area contributed by atoms with Gasteiger partial charge in [0.15, 0.2) is 0 Å². The van der Waals surface area contributed by atoms with Gasteiger partial charge in [0.25, 0.3) is 5.91 Å². The van der Waals surface area contributed by atoms with Gasteiger partial charge in [-0.1, -0.05) is 112 Å². The normalized spacial score (nSPS) is 18.5. The minimum Gasteiger partial charge on any atom is -0.456 e. The average molecular weight is 712 g/mol. The molecule has 1 fully saturated rings. The largest absolute Gasteiger partial charge is 0.456 e. The zero-order valence-corrected chi connectivity index (χ0v) is 32.3. The van der Waals surface area contributed by atoms with Crippen LogP contribution in [-0.2, 0) is 28.7 Å². The fraction of sp³-hybridized carbons (Fsp3) is 0.641. The summed E-state index contributed by atoms with van der Waals surface area (Å²) in [5.74, 6) is -3.39. The van der Waals surface area contributed by atoms with Crippen LogP contribution in [0.3, 0.4) is 0 Å². The number of esters is 1. The number of Topliss-reactive ketones (excluding diaryl/α,β-unsaturated/α-hetero) is 1. The van der Waals surface area contributed by atoms with Crippen molar-refractivity contribution >= 4 is 35.5 Å². The quantitative estimate of drug-likeness (QED) is 0.108. The molecule has 0 radical (unpaired) electrons. The van der Waals surface area contributed by atoms with Crippen molar-refractivity contribution in [2.75, 3.05) is 13.1 Å². The molecule has 12 heteroatoms. The molecule has 1 aliphatic heterocycles. The number of likely N-dealkylation sites (tertiary alicyclic amines) is 1. The first-order valence-corrected chi connectivity index (χ1v) is 18.1. The molecule has 1 heterocycles. The van der Waals surface area contributed by atoms with Gasteiger partial charge in [-0.2, -0.15) is 0 Å². The fourth-order valence-corrected chi connectivity index (χ4v) is 6.22. The van der Waals surface area contributed by atoms with Crippen LogP contribution in [-0.4, -0.2) is 77.7 Å². The molecule has 1 aromatic rings. The first-order valence-electron chi connectivity index (χ1n) is 18.1. The molecule has 0 spiro atoms. The molecule has 284 valence electrons. The van der Waals surface area contributed by atoms with E-state index in [0.717, 1.165) is 12.0 Å². The standard InChI is InChI=1S/C39H61N5O7/c1-12-14-20-28(30(45)34(47)40-22-13-2)41-33(46)29-27(24(3)4)21-23-44(29)35(48)31(38(6,7)8)42-37(50)43-32(39(9,10)11)36(49)51-25(5)26-18-16-15-17-19-26/h13,15-19,24-25,27-29,31-32H,2,12,14,20-23H2,1,3-11H3,(H,40,47)(H,41,46)(H2,42,43,50)/t25-,27?,28?,29-,31+,32+/m0/s1. The molecule has 1 aliphatic rings. The molecule has 0 aromatic heterocycles. The van der Waals surface area contributed by atoms with Crippen LogP contribution in [0.2, 0.25) is 0 Å². The Kier molecular flexibility index (Phi) is 15.9. The SMILES string of the molecule is C=CCNC(=O)C(=O)C(CCCC)NC(=O)[C@@H]1C(C(C)C)CCN1C(=O)[C@@H](NC(=O)N[C@H](C(=O)O[C@@H](C)c1ccccc1)C(C)(C)C)C(C)(C)C. The van der Waals surface area contributed by atoms with Crippen molar-refractivity contribution in [3.05, 3.63) is 48.6 Å². The van der Waals surface area contributed by atoms with Crippen molar-refractivity contribution in [2.45, 2.75) is 125 Å². The highest BCUT2D eigenvalue weighted by Crippen LogP contribution is 2.34. The third-order valence-electron chi connectivity index (χ3n) is 9.29. The number of benzene rings is 1. The number of urea groups is 1. The smallest absolute Gasteiger partial charge is 0.329 e. The van der Waals surface area contributed by atoms with Crippen molar-refractivity contribution in [2.24, 2.45) is 22.7 Å². The van der Waals surface area contributed by atoms with E-state index in [2.05, 4.69) is 27.8 Å². The van der Waals surface area contributed by atoms with E-state index in [0.29, 0.717) is 12.8 Å². The predicted molar refractivity (Wildman–Crippen MR) is 197 cm³/mol. The molecule has 0 saturated carbocycles. The van der Waals surface area contributed by atoms with Crippen molar-refractivity contribution in [3.63, 3.8) is 0 Å². The number of ether oxygens (including phenoxy) is 1. The second-order valence-corrected chi connectivity index (χ2v) is 15.9. The molecule has 1 saturated heterocycles. The van der Waals surface area contributed by atoms with E-state index in [9.17, 15) is 28.8 Å². The van der Waals surface area contributed by atoms with E-state index in [1.54, 1.807) is 48.5 Å². The third-order valence-corrected chi connectivity index (χ3v) is 9.29. The van der Waals surface area contributed by atoms with Gasteiger partial charge in [0.2, 0.25) is 17.6 Å². The Morgan fingerprint density at radius 1 is 0.922 bits per heavy atom. The maximum absolute atomic E-state index is 14.4. The topological polar surface area (TPSA) is 163 Å². The Labute approximate surface area is 304 Å². The van der Waals surface area contributed by atoms with Crippen LogP contribution in [0.1, 0.15) is 107 Å². The number of carbonyl (C=O) groups excluding carboxylic acids is 6. The van der Waals surface area contributed by atoms with Crippen LogP contribution in [0, 0.1) is 22.7 Å². The minimum atomic E-state index is -1.08. The molecule has 1 aromatic carbocycles. The molecule has 5 amide bonds. The second kappa shape index (κ2) is 18.9. The highest BCUT2D eigenvalue weighted by atomic mass is 16.5. The van der Waals surface area contributed by atoms with Gasteiger partial charge in [-0.3, -0.25) is 19.2 Å². The third kappa shape index (κ3) is 12.2. The number of amides is 5. The van der Waals surface area contributed by atoms with Gasteiger partial charge < -0.3 is 30.9 Å². The van der Waals surface area contributed by atoms with Gasteiger partial charge in [-0.15, -0.1) is 6.58 Å². The summed E-state index contributed by atoms with van der Waals surface area (Å²) in [6, 6.07) is 4.41. The van der Waals surface area contributed by atoms with Crippen LogP contribution in [0.15, 0.2) is 43.0 Å². The van der Waals surface area contributed by atoms with E-state index in [4.69, 9.17) is 4.74 Å². The molecule has 6 atom stereocenters. The van der Waals surface area contributed by atoms with Crippen molar-refractivity contribution < 1.29 is 33.5 Å². The monoisotopic (exact) mass is 711 g/mol. The highest BCUT2D eigenvalue weighted by molar-refractivity contribution is 6.38. The van der Waals surface area contributed by atoms with Crippen LogP contribution in [0.4, 0.5) is 4.79 Å². The number of carbonyl (C=O) groups is 6. The first kappa shape index (κ1) is 42.9. The summed E-state index contributed by atoms with van der Waals surface area (Å²) >= 11 is 0.